The molecule has 1 unspecified atom stereocenters. The zero-order valence-corrected chi connectivity index (χ0v) is 12.5. The monoisotopic (exact) mass is 333 g/mol. The summed E-state index contributed by atoms with van der Waals surface area (Å²) >= 11 is 3.38. The number of nitrogens with one attached hydrogen (secondary N) is 1. The van der Waals surface area contributed by atoms with E-state index in [0.29, 0.717) is 6.10 Å². The van der Waals surface area contributed by atoms with E-state index in [9.17, 15) is 0 Å². The highest BCUT2D eigenvalue weighted by Crippen LogP contribution is 2.29. The van der Waals surface area contributed by atoms with Crippen LogP contribution in [0.3, 0.4) is 0 Å². The Morgan fingerprint density at radius 3 is 2.80 bits per heavy atom. The Bertz CT molecular complexity index is 584. The molecule has 20 heavy (non-hydrogen) atoms. The molecule has 1 atom stereocenters. The number of hydrogen-bond donors (Lipinski definition) is 2. The highest BCUT2D eigenvalue weighted by molar-refractivity contribution is 9.10. The highest BCUT2D eigenvalue weighted by atomic mass is 79.9. The molecule has 3 rings (SSSR count). The van der Waals surface area contributed by atoms with Gasteiger partial charge in [-0.05, 0) is 58.6 Å². The molecule has 0 saturated heterocycles. The van der Waals surface area contributed by atoms with Crippen molar-refractivity contribution in [2.45, 2.75) is 25.0 Å². The van der Waals surface area contributed by atoms with E-state index >= 15 is 0 Å². The van der Waals surface area contributed by atoms with Crippen LogP contribution in [0.1, 0.15) is 30.1 Å². The number of nitrogens with two attached hydrogens (primary N) is 1. The van der Waals surface area contributed by atoms with Crippen LogP contribution in [0.2, 0.25) is 0 Å². The van der Waals surface area contributed by atoms with Gasteiger partial charge in [-0.3, -0.25) is 10.8 Å². The van der Waals surface area contributed by atoms with Gasteiger partial charge >= 0.3 is 0 Å². The summed E-state index contributed by atoms with van der Waals surface area (Å²) in [4.78, 5) is 4.40. The summed E-state index contributed by atoms with van der Waals surface area (Å²) in [7, 11) is 0. The second-order valence-electron chi connectivity index (χ2n) is 4.89. The molecule has 0 aliphatic heterocycles. The maximum absolute atomic E-state index is 5.82. The smallest absolute Gasteiger partial charge is 0.120 e. The van der Waals surface area contributed by atoms with E-state index in [1.54, 1.807) is 6.20 Å². The summed E-state index contributed by atoms with van der Waals surface area (Å²) in [6.45, 7) is 0. The van der Waals surface area contributed by atoms with Crippen LogP contribution in [0, 0.1) is 0 Å². The van der Waals surface area contributed by atoms with Gasteiger partial charge in [0.05, 0.1) is 17.8 Å². The van der Waals surface area contributed by atoms with Crippen LogP contribution in [0.25, 0.3) is 0 Å². The van der Waals surface area contributed by atoms with Crippen molar-refractivity contribution in [3.8, 4) is 5.75 Å². The lowest BCUT2D eigenvalue weighted by molar-refractivity contribution is 0.302. The molecule has 1 aromatic carbocycles. The molecule has 1 fully saturated rings. The van der Waals surface area contributed by atoms with Gasteiger partial charge in [0, 0.05) is 10.7 Å². The number of nitrogens with zero attached hydrogens (tertiary/aromatic N) is 1. The van der Waals surface area contributed by atoms with Gasteiger partial charge in [-0.25, -0.2) is 5.43 Å². The molecule has 0 bridgehead atoms. The van der Waals surface area contributed by atoms with Gasteiger partial charge in [-0.1, -0.05) is 12.1 Å². The van der Waals surface area contributed by atoms with Crippen molar-refractivity contribution in [1.82, 2.24) is 10.4 Å². The minimum atomic E-state index is -0.147. The van der Waals surface area contributed by atoms with Crippen LogP contribution in [0.15, 0.2) is 47.1 Å². The second kappa shape index (κ2) is 5.91. The molecule has 0 spiro atoms. The lowest BCUT2D eigenvalue weighted by atomic mass is 10.0. The number of halogens is 1. The number of aromatic nitrogens is 1. The maximum atomic E-state index is 5.82. The van der Waals surface area contributed by atoms with Crippen LogP contribution in [-0.2, 0) is 0 Å². The maximum Gasteiger partial charge on any atom is 0.120 e. The Hall–Kier alpha value is -1.43. The lowest BCUT2D eigenvalue weighted by Gasteiger charge is -2.17. The van der Waals surface area contributed by atoms with E-state index in [1.165, 1.54) is 0 Å². The van der Waals surface area contributed by atoms with Crippen LogP contribution >= 0.6 is 15.9 Å². The minimum Gasteiger partial charge on any atom is -0.490 e. The third-order valence-corrected chi connectivity index (χ3v) is 3.70. The fourth-order valence-electron chi connectivity index (χ4n) is 2.06. The van der Waals surface area contributed by atoms with Gasteiger partial charge in [0.2, 0.25) is 0 Å². The summed E-state index contributed by atoms with van der Waals surface area (Å²) in [5, 5.41) is 0. The topological polar surface area (TPSA) is 60.2 Å². The molecule has 1 aromatic heterocycles. The van der Waals surface area contributed by atoms with Gasteiger partial charge in [0.15, 0.2) is 0 Å². The minimum absolute atomic E-state index is 0.147. The quantitative estimate of drug-likeness (QED) is 0.652. The average molecular weight is 334 g/mol. The van der Waals surface area contributed by atoms with E-state index < -0.39 is 0 Å². The zero-order valence-electron chi connectivity index (χ0n) is 10.9. The Balaban J connectivity index is 1.85. The number of benzene rings is 1. The molecule has 1 heterocycles. The summed E-state index contributed by atoms with van der Waals surface area (Å²) in [6, 6.07) is 11.8. The fraction of sp³-hybridized carbons (Fsp3) is 0.267. The lowest BCUT2D eigenvalue weighted by Crippen LogP contribution is -2.29. The molecule has 3 N–H and O–H groups in total. The second-order valence-corrected chi connectivity index (χ2v) is 5.81. The molecule has 104 valence electrons. The molecule has 0 amide bonds. The van der Waals surface area contributed by atoms with Gasteiger partial charge in [0.25, 0.3) is 0 Å². The molecular formula is C15H16BrN3O. The Labute approximate surface area is 126 Å². The number of pyridine rings is 1. The average Bonchev–Trinajstić information content (AvgIpc) is 3.26. The van der Waals surface area contributed by atoms with Crippen molar-refractivity contribution in [1.29, 1.82) is 0 Å². The number of rotatable bonds is 5. The molecule has 2 aromatic rings. The molecule has 4 nitrogen and oxygen atoms in total. The molecule has 5 heteroatoms. The van der Waals surface area contributed by atoms with Gasteiger partial charge in [0.1, 0.15) is 5.75 Å². The van der Waals surface area contributed by atoms with Gasteiger partial charge in [-0.15, -0.1) is 0 Å². The first-order valence-electron chi connectivity index (χ1n) is 6.60. The molecule has 1 aliphatic carbocycles. The molecule has 1 saturated carbocycles. The molecular weight excluding hydrogens is 318 g/mol. The van der Waals surface area contributed by atoms with Crippen molar-refractivity contribution in [3.05, 3.63) is 58.3 Å². The number of hydrazine groups is 1. The zero-order chi connectivity index (χ0) is 13.9. The third kappa shape index (κ3) is 3.17. The molecule has 0 radical (unpaired) electrons. The van der Waals surface area contributed by atoms with Gasteiger partial charge < -0.3 is 4.74 Å². The van der Waals surface area contributed by atoms with E-state index in [2.05, 4.69) is 26.3 Å². The van der Waals surface area contributed by atoms with Crippen molar-refractivity contribution in [2.75, 3.05) is 0 Å². The summed E-state index contributed by atoms with van der Waals surface area (Å²) in [5.41, 5.74) is 4.73. The van der Waals surface area contributed by atoms with Crippen molar-refractivity contribution < 1.29 is 4.74 Å². The predicted molar refractivity (Wildman–Crippen MR) is 81.2 cm³/mol. The Morgan fingerprint density at radius 1 is 1.30 bits per heavy atom. The fourth-order valence-corrected chi connectivity index (χ4v) is 2.29. The SMILES string of the molecule is NNC(c1cccc(OC2CC2)c1)c1ccc(Br)cn1. The van der Waals surface area contributed by atoms with Crippen molar-refractivity contribution >= 4 is 15.9 Å². The first-order chi connectivity index (χ1) is 9.76. The van der Waals surface area contributed by atoms with Crippen LogP contribution < -0.4 is 16.0 Å². The van der Waals surface area contributed by atoms with Crippen LogP contribution in [0.4, 0.5) is 0 Å². The first-order valence-corrected chi connectivity index (χ1v) is 7.40. The van der Waals surface area contributed by atoms with Crippen LogP contribution in [-0.4, -0.2) is 11.1 Å². The summed E-state index contributed by atoms with van der Waals surface area (Å²) in [5.74, 6) is 6.59. The summed E-state index contributed by atoms with van der Waals surface area (Å²) in [6.07, 6.45) is 4.46. The van der Waals surface area contributed by atoms with Crippen molar-refractivity contribution in [3.63, 3.8) is 0 Å². The molecule has 1 aliphatic rings. The Morgan fingerprint density at radius 2 is 2.15 bits per heavy atom. The van der Waals surface area contributed by atoms with E-state index in [4.69, 9.17) is 10.6 Å². The first kappa shape index (κ1) is 13.5. The van der Waals surface area contributed by atoms with Gasteiger partial charge in [-0.2, -0.15) is 0 Å². The third-order valence-electron chi connectivity index (χ3n) is 3.23. The normalized spacial score (nSPS) is 15.9. The Kier molecular flexibility index (Phi) is 4.00. The number of hydrogen-bond acceptors (Lipinski definition) is 4. The van der Waals surface area contributed by atoms with Crippen LogP contribution in [0.5, 0.6) is 5.75 Å². The predicted octanol–water partition coefficient (Wildman–Crippen LogP) is 2.94. The largest absolute Gasteiger partial charge is 0.490 e. The van der Waals surface area contributed by atoms with E-state index in [0.717, 1.165) is 34.3 Å². The summed E-state index contributed by atoms with van der Waals surface area (Å²) < 4.78 is 6.77. The highest BCUT2D eigenvalue weighted by Gasteiger charge is 2.24. The van der Waals surface area contributed by atoms with Crippen molar-refractivity contribution in [2.24, 2.45) is 5.84 Å². The standard InChI is InChI=1S/C15H16BrN3O/c16-11-4-7-14(18-9-11)15(19-17)10-2-1-3-13(8-10)20-12-5-6-12/h1-4,7-9,12,15,19H,5-6,17H2. The van der Waals surface area contributed by atoms with E-state index in [1.807, 2.05) is 36.4 Å². The number of ether oxygens (including phenoxy) is 1. The van der Waals surface area contributed by atoms with E-state index in [-0.39, 0.29) is 6.04 Å².